The lowest BCUT2D eigenvalue weighted by Crippen LogP contribution is -2.36. The zero-order valence-electron chi connectivity index (χ0n) is 9.59. The summed E-state index contributed by atoms with van der Waals surface area (Å²) < 4.78 is 22.8. The van der Waals surface area contributed by atoms with Gasteiger partial charge in [0, 0.05) is 18.7 Å². The van der Waals surface area contributed by atoms with E-state index in [9.17, 15) is 8.42 Å². The highest BCUT2D eigenvalue weighted by atomic mass is 32.2. The van der Waals surface area contributed by atoms with Crippen LogP contribution in [0.25, 0.3) is 0 Å². The number of nitrogens with two attached hydrogens (primary N) is 1. The van der Waals surface area contributed by atoms with Crippen LogP contribution in [0, 0.1) is 0 Å². The lowest BCUT2D eigenvalue weighted by atomic mass is 10.0. The minimum absolute atomic E-state index is 0.146. The Labute approximate surface area is 101 Å². The molecule has 1 aliphatic rings. The van der Waals surface area contributed by atoms with Crippen LogP contribution < -0.4 is 10.5 Å². The summed E-state index contributed by atoms with van der Waals surface area (Å²) in [7, 11) is -3.67. The molecule has 5 nitrogen and oxygen atoms in total. The molecule has 0 aliphatic carbocycles. The van der Waals surface area contributed by atoms with Crippen LogP contribution in [0.2, 0.25) is 0 Å². The highest BCUT2D eigenvalue weighted by Crippen LogP contribution is 2.16. The van der Waals surface area contributed by atoms with Crippen molar-refractivity contribution in [3.63, 3.8) is 0 Å². The summed E-state index contributed by atoms with van der Waals surface area (Å²) in [5.74, 6) is 0. The van der Waals surface area contributed by atoms with E-state index in [0.717, 1.165) is 13.0 Å². The standard InChI is InChI=1S/C11H17N3O2S/c12-17(15,16)11-5-3-7-14-10(11)8-9-4-1-2-6-13-9/h3,5,7,9,13H,1-2,4,6,8H2,(H2,12,15,16). The third-order valence-electron chi connectivity index (χ3n) is 3.01. The van der Waals surface area contributed by atoms with Crippen molar-refractivity contribution in [2.24, 2.45) is 5.14 Å². The number of hydrogen-bond donors (Lipinski definition) is 2. The van der Waals surface area contributed by atoms with Crippen LogP contribution in [-0.4, -0.2) is 26.0 Å². The number of aromatic nitrogens is 1. The maximum Gasteiger partial charge on any atom is 0.239 e. The molecule has 6 heteroatoms. The molecule has 2 heterocycles. The van der Waals surface area contributed by atoms with Crippen molar-refractivity contribution in [1.29, 1.82) is 0 Å². The predicted octanol–water partition coefficient (Wildman–Crippen LogP) is 0.414. The number of primary sulfonamides is 1. The second-order valence-electron chi connectivity index (χ2n) is 4.34. The molecule has 1 aromatic heterocycles. The molecule has 94 valence electrons. The van der Waals surface area contributed by atoms with E-state index >= 15 is 0 Å². The number of pyridine rings is 1. The third-order valence-corrected chi connectivity index (χ3v) is 3.99. The van der Waals surface area contributed by atoms with Gasteiger partial charge in [0.25, 0.3) is 0 Å². The Kier molecular flexibility index (Phi) is 3.76. The Hall–Kier alpha value is -0.980. The van der Waals surface area contributed by atoms with Crippen LogP contribution in [0.1, 0.15) is 25.0 Å². The topological polar surface area (TPSA) is 85.1 Å². The fourth-order valence-corrected chi connectivity index (χ4v) is 2.90. The highest BCUT2D eigenvalue weighted by Gasteiger charge is 2.19. The van der Waals surface area contributed by atoms with Gasteiger partial charge in [-0.25, -0.2) is 13.6 Å². The third kappa shape index (κ3) is 3.24. The van der Waals surface area contributed by atoms with Crippen LogP contribution in [0.4, 0.5) is 0 Å². The van der Waals surface area contributed by atoms with E-state index in [2.05, 4.69) is 10.3 Å². The second-order valence-corrected chi connectivity index (χ2v) is 5.87. The molecule has 1 aliphatic heterocycles. The maximum atomic E-state index is 11.4. The van der Waals surface area contributed by atoms with Gasteiger partial charge in [0.05, 0.1) is 5.69 Å². The molecule has 1 atom stereocenters. The Morgan fingerprint density at radius 1 is 1.47 bits per heavy atom. The molecule has 17 heavy (non-hydrogen) atoms. The number of nitrogens with zero attached hydrogens (tertiary/aromatic N) is 1. The van der Waals surface area contributed by atoms with Gasteiger partial charge in [0.2, 0.25) is 10.0 Å². The van der Waals surface area contributed by atoms with Crippen molar-refractivity contribution < 1.29 is 8.42 Å². The average molecular weight is 255 g/mol. The first-order chi connectivity index (χ1) is 8.07. The quantitative estimate of drug-likeness (QED) is 0.819. The average Bonchev–Trinajstić information content (AvgIpc) is 2.30. The molecule has 0 saturated carbocycles. The first-order valence-corrected chi connectivity index (χ1v) is 7.32. The summed E-state index contributed by atoms with van der Waals surface area (Å²) in [6.07, 6.45) is 5.63. The van der Waals surface area contributed by atoms with Crippen LogP contribution in [0.3, 0.4) is 0 Å². The summed E-state index contributed by atoms with van der Waals surface area (Å²) in [5, 5.41) is 8.55. The van der Waals surface area contributed by atoms with E-state index in [1.54, 1.807) is 12.3 Å². The van der Waals surface area contributed by atoms with Gasteiger partial charge in [0.1, 0.15) is 4.90 Å². The van der Waals surface area contributed by atoms with Crippen LogP contribution >= 0.6 is 0 Å². The summed E-state index contributed by atoms with van der Waals surface area (Å²) in [6.45, 7) is 0.988. The molecule has 0 aromatic carbocycles. The molecular weight excluding hydrogens is 238 g/mol. The number of hydrogen-bond acceptors (Lipinski definition) is 4. The zero-order chi connectivity index (χ0) is 12.3. The molecule has 0 bridgehead atoms. The Morgan fingerprint density at radius 3 is 2.94 bits per heavy atom. The Bertz CT molecular complexity index is 481. The summed E-state index contributed by atoms with van der Waals surface area (Å²) in [5.41, 5.74) is 0.564. The number of piperidine rings is 1. The molecule has 0 amide bonds. The van der Waals surface area contributed by atoms with E-state index < -0.39 is 10.0 Å². The van der Waals surface area contributed by atoms with Gasteiger partial charge in [-0.3, -0.25) is 4.98 Å². The number of sulfonamides is 1. The van der Waals surface area contributed by atoms with E-state index in [-0.39, 0.29) is 4.90 Å². The molecular formula is C11H17N3O2S. The van der Waals surface area contributed by atoms with E-state index in [0.29, 0.717) is 18.2 Å². The number of rotatable bonds is 3. The molecule has 3 N–H and O–H groups in total. The monoisotopic (exact) mass is 255 g/mol. The zero-order valence-corrected chi connectivity index (χ0v) is 10.4. The van der Waals surface area contributed by atoms with Crippen molar-refractivity contribution >= 4 is 10.0 Å². The molecule has 1 saturated heterocycles. The van der Waals surface area contributed by atoms with Crippen LogP contribution in [0.5, 0.6) is 0 Å². The molecule has 0 spiro atoms. The number of nitrogens with one attached hydrogen (secondary N) is 1. The van der Waals surface area contributed by atoms with Crippen molar-refractivity contribution in [2.75, 3.05) is 6.54 Å². The van der Waals surface area contributed by atoms with Gasteiger partial charge < -0.3 is 5.32 Å². The molecule has 1 unspecified atom stereocenters. The summed E-state index contributed by atoms with van der Waals surface area (Å²) >= 11 is 0. The molecule has 1 aromatic rings. The van der Waals surface area contributed by atoms with Crippen LogP contribution in [0.15, 0.2) is 23.2 Å². The summed E-state index contributed by atoms with van der Waals surface area (Å²) in [6, 6.07) is 3.41. The largest absolute Gasteiger partial charge is 0.314 e. The SMILES string of the molecule is NS(=O)(=O)c1cccnc1CC1CCCCN1. The highest BCUT2D eigenvalue weighted by molar-refractivity contribution is 7.89. The van der Waals surface area contributed by atoms with Gasteiger partial charge in [0.15, 0.2) is 0 Å². The van der Waals surface area contributed by atoms with Gasteiger partial charge in [-0.2, -0.15) is 0 Å². The van der Waals surface area contributed by atoms with Crippen molar-refractivity contribution in [1.82, 2.24) is 10.3 Å². The first kappa shape index (κ1) is 12.5. The first-order valence-electron chi connectivity index (χ1n) is 5.77. The fourth-order valence-electron chi connectivity index (χ4n) is 2.17. The second kappa shape index (κ2) is 5.12. The lowest BCUT2D eigenvalue weighted by molar-refractivity contribution is 0.395. The minimum Gasteiger partial charge on any atom is -0.314 e. The van der Waals surface area contributed by atoms with Crippen molar-refractivity contribution in [2.45, 2.75) is 36.6 Å². The van der Waals surface area contributed by atoms with Gasteiger partial charge in [-0.1, -0.05) is 6.42 Å². The van der Waals surface area contributed by atoms with E-state index in [1.165, 1.54) is 18.9 Å². The molecule has 2 rings (SSSR count). The maximum absolute atomic E-state index is 11.4. The van der Waals surface area contributed by atoms with E-state index in [1.807, 2.05) is 0 Å². The van der Waals surface area contributed by atoms with Crippen LogP contribution in [-0.2, 0) is 16.4 Å². The van der Waals surface area contributed by atoms with Crippen molar-refractivity contribution in [3.8, 4) is 0 Å². The summed E-state index contributed by atoms with van der Waals surface area (Å²) in [4.78, 5) is 4.29. The fraction of sp³-hybridized carbons (Fsp3) is 0.545. The lowest BCUT2D eigenvalue weighted by Gasteiger charge is -2.23. The smallest absolute Gasteiger partial charge is 0.239 e. The van der Waals surface area contributed by atoms with Gasteiger partial charge in [-0.05, 0) is 31.5 Å². The van der Waals surface area contributed by atoms with Gasteiger partial charge >= 0.3 is 0 Å². The normalized spacial score (nSPS) is 21.4. The van der Waals surface area contributed by atoms with Crippen molar-refractivity contribution in [3.05, 3.63) is 24.0 Å². The molecule has 0 radical (unpaired) electrons. The van der Waals surface area contributed by atoms with Gasteiger partial charge in [-0.15, -0.1) is 0 Å². The van der Waals surface area contributed by atoms with E-state index in [4.69, 9.17) is 5.14 Å². The minimum atomic E-state index is -3.67. The Balaban J connectivity index is 2.20. The predicted molar refractivity (Wildman–Crippen MR) is 65.0 cm³/mol. The molecule has 1 fully saturated rings. The Morgan fingerprint density at radius 2 is 2.29 bits per heavy atom.